The zero-order chi connectivity index (χ0) is 16.4. The van der Waals surface area contributed by atoms with Gasteiger partial charge in [0.05, 0.1) is 11.3 Å². The monoisotopic (exact) mass is 304 g/mol. The van der Waals surface area contributed by atoms with Crippen molar-refractivity contribution in [2.24, 2.45) is 10.2 Å². The van der Waals surface area contributed by atoms with Crippen LogP contribution in [0.3, 0.4) is 0 Å². The van der Waals surface area contributed by atoms with Crippen molar-refractivity contribution in [2.45, 2.75) is 13.8 Å². The molecule has 0 aliphatic rings. The minimum atomic E-state index is -0.233. The van der Waals surface area contributed by atoms with E-state index in [0.29, 0.717) is 5.04 Å². The van der Waals surface area contributed by atoms with E-state index in [0.717, 1.165) is 10.5 Å². The van der Waals surface area contributed by atoms with E-state index in [1.54, 1.807) is 19.1 Å². The van der Waals surface area contributed by atoms with E-state index in [1.807, 2.05) is 6.92 Å². The molecule has 0 unspecified atom stereocenters. The topological polar surface area (TPSA) is 65.2 Å². The van der Waals surface area contributed by atoms with Gasteiger partial charge in [-0.1, -0.05) is 50.2 Å². The molecular weight excluding hydrogens is 284 g/mol. The van der Waals surface area contributed by atoms with Crippen molar-refractivity contribution in [3.8, 4) is 0 Å². The third-order valence-electron chi connectivity index (χ3n) is 2.19. The Morgan fingerprint density at radius 2 is 1.71 bits per heavy atom. The molecule has 0 spiro atoms. The molecule has 0 bridgehead atoms. The molecule has 0 radical (unpaired) electrons. The van der Waals surface area contributed by atoms with Crippen LogP contribution in [0.2, 0.25) is 0 Å². The van der Waals surface area contributed by atoms with Gasteiger partial charge in [0.25, 0.3) is 0 Å². The number of thioether (sulfide) groups is 1. The SMILES string of the molecule is C=C/C(C)=C(\C=C)S\C(C)=N/N=C/C(=C/C(=C)O)C(=C)O. The fourth-order valence-corrected chi connectivity index (χ4v) is 1.84. The highest BCUT2D eigenvalue weighted by molar-refractivity contribution is 8.17. The summed E-state index contributed by atoms with van der Waals surface area (Å²) >= 11 is 1.41. The van der Waals surface area contributed by atoms with Crippen molar-refractivity contribution in [1.29, 1.82) is 0 Å². The van der Waals surface area contributed by atoms with Gasteiger partial charge in [0.15, 0.2) is 0 Å². The van der Waals surface area contributed by atoms with E-state index >= 15 is 0 Å². The summed E-state index contributed by atoms with van der Waals surface area (Å²) in [6, 6.07) is 0. The standard InChI is InChI=1S/C16H20N2O2S/c1-7-11(3)16(8-2)21-14(6)18-17-10-15(13(5)20)9-12(4)19/h7-10,19-20H,1-2,4-5H2,3,6H3/b15-9-,16-11+,17-10+,18-14-. The number of rotatable bonds is 7. The lowest BCUT2D eigenvalue weighted by Crippen LogP contribution is -1.91. The number of aliphatic hydroxyl groups is 2. The van der Waals surface area contributed by atoms with Crippen molar-refractivity contribution in [2.75, 3.05) is 0 Å². The fraction of sp³-hybridized carbons (Fsp3) is 0.125. The lowest BCUT2D eigenvalue weighted by molar-refractivity contribution is 0.422. The smallest absolute Gasteiger partial charge is 0.117 e. The molecule has 0 rings (SSSR count). The Morgan fingerprint density at radius 3 is 2.14 bits per heavy atom. The molecule has 0 aliphatic heterocycles. The van der Waals surface area contributed by atoms with E-state index in [2.05, 4.69) is 36.5 Å². The van der Waals surface area contributed by atoms with Crippen LogP contribution in [-0.4, -0.2) is 21.5 Å². The minimum absolute atomic E-state index is 0.208. The minimum Gasteiger partial charge on any atom is -0.509 e. The highest BCUT2D eigenvalue weighted by atomic mass is 32.2. The Bertz CT molecular complexity index is 567. The fourth-order valence-electron chi connectivity index (χ4n) is 1.11. The van der Waals surface area contributed by atoms with Gasteiger partial charge in [0, 0.05) is 10.5 Å². The third kappa shape index (κ3) is 7.79. The van der Waals surface area contributed by atoms with Gasteiger partial charge >= 0.3 is 0 Å². The van der Waals surface area contributed by atoms with Gasteiger partial charge in [0.2, 0.25) is 0 Å². The summed E-state index contributed by atoms with van der Waals surface area (Å²) in [5, 5.41) is 26.9. The molecule has 0 aromatic rings. The molecule has 0 aliphatic carbocycles. The summed E-state index contributed by atoms with van der Waals surface area (Å²) in [7, 11) is 0. The van der Waals surface area contributed by atoms with E-state index in [9.17, 15) is 5.11 Å². The lowest BCUT2D eigenvalue weighted by Gasteiger charge is -2.03. The number of nitrogens with zero attached hydrogens (tertiary/aromatic N) is 2. The molecule has 21 heavy (non-hydrogen) atoms. The molecule has 0 aromatic carbocycles. The van der Waals surface area contributed by atoms with Crippen LogP contribution in [0.1, 0.15) is 13.8 Å². The van der Waals surface area contributed by atoms with Crippen molar-refractivity contribution in [1.82, 2.24) is 0 Å². The molecule has 2 N–H and O–H groups in total. The van der Waals surface area contributed by atoms with Crippen molar-refractivity contribution in [3.63, 3.8) is 0 Å². The highest BCUT2D eigenvalue weighted by Crippen LogP contribution is 2.23. The van der Waals surface area contributed by atoms with E-state index in [-0.39, 0.29) is 17.1 Å². The van der Waals surface area contributed by atoms with Gasteiger partial charge in [-0.2, -0.15) is 5.10 Å². The molecule has 0 saturated heterocycles. The molecule has 0 saturated carbocycles. The van der Waals surface area contributed by atoms with Crippen LogP contribution in [0.15, 0.2) is 82.3 Å². The highest BCUT2D eigenvalue weighted by Gasteiger charge is 2.01. The first kappa shape index (κ1) is 18.7. The summed E-state index contributed by atoms with van der Waals surface area (Å²) in [6.45, 7) is 17.8. The third-order valence-corrected chi connectivity index (χ3v) is 3.27. The summed E-state index contributed by atoms with van der Waals surface area (Å²) in [4.78, 5) is 0.938. The zero-order valence-electron chi connectivity index (χ0n) is 12.3. The molecule has 112 valence electrons. The first-order valence-corrected chi connectivity index (χ1v) is 6.82. The first-order chi connectivity index (χ1) is 9.81. The molecular formula is C16H20N2O2S. The van der Waals surface area contributed by atoms with Crippen LogP contribution < -0.4 is 0 Å². The molecule has 0 amide bonds. The largest absolute Gasteiger partial charge is 0.509 e. The van der Waals surface area contributed by atoms with E-state index in [4.69, 9.17) is 5.11 Å². The van der Waals surface area contributed by atoms with Gasteiger partial charge in [0.1, 0.15) is 11.5 Å². The summed E-state index contributed by atoms with van der Waals surface area (Å²) < 4.78 is 0. The van der Waals surface area contributed by atoms with Crippen LogP contribution in [0.5, 0.6) is 0 Å². The van der Waals surface area contributed by atoms with Crippen LogP contribution >= 0.6 is 11.8 Å². The summed E-state index contributed by atoms with van der Waals surface area (Å²) in [5.74, 6) is -0.441. The van der Waals surface area contributed by atoms with Crippen LogP contribution in [0, 0.1) is 0 Å². The Hall–Kier alpha value is -2.27. The van der Waals surface area contributed by atoms with Gasteiger partial charge in [-0.05, 0) is 25.5 Å². The predicted molar refractivity (Wildman–Crippen MR) is 93.9 cm³/mol. The van der Waals surface area contributed by atoms with Gasteiger partial charge in [-0.15, -0.1) is 5.10 Å². The maximum atomic E-state index is 9.32. The van der Waals surface area contributed by atoms with E-state index < -0.39 is 0 Å². The van der Waals surface area contributed by atoms with Crippen molar-refractivity contribution >= 4 is 23.0 Å². The summed E-state index contributed by atoms with van der Waals surface area (Å²) in [6.07, 6.45) is 5.98. The lowest BCUT2D eigenvalue weighted by atomic mass is 10.2. The molecule has 0 fully saturated rings. The number of allylic oxidation sites excluding steroid dienone is 5. The maximum absolute atomic E-state index is 9.32. The number of hydrogen-bond acceptors (Lipinski definition) is 5. The van der Waals surface area contributed by atoms with Gasteiger partial charge in [-0.3, -0.25) is 0 Å². The number of hydrogen-bond donors (Lipinski definition) is 2. The van der Waals surface area contributed by atoms with Crippen LogP contribution in [0.4, 0.5) is 0 Å². The van der Waals surface area contributed by atoms with Crippen molar-refractivity contribution < 1.29 is 10.2 Å². The second kappa shape index (κ2) is 9.61. The Labute approximate surface area is 130 Å². The molecule has 4 nitrogen and oxygen atoms in total. The summed E-state index contributed by atoms with van der Waals surface area (Å²) in [5.41, 5.74) is 1.22. The predicted octanol–water partition coefficient (Wildman–Crippen LogP) is 4.84. The molecule has 0 aromatic heterocycles. The van der Waals surface area contributed by atoms with Crippen LogP contribution in [0.25, 0.3) is 0 Å². The molecule has 0 heterocycles. The second-order valence-corrected chi connectivity index (χ2v) is 5.19. The zero-order valence-corrected chi connectivity index (χ0v) is 13.2. The molecule has 5 heteroatoms. The maximum Gasteiger partial charge on any atom is 0.117 e. The Morgan fingerprint density at radius 1 is 1.10 bits per heavy atom. The average molecular weight is 304 g/mol. The van der Waals surface area contributed by atoms with Crippen molar-refractivity contribution in [3.05, 3.63) is 72.1 Å². The average Bonchev–Trinajstić information content (AvgIpc) is 2.42. The van der Waals surface area contributed by atoms with Gasteiger partial charge in [-0.25, -0.2) is 0 Å². The normalized spacial score (nSPS) is 13.8. The molecule has 0 atom stereocenters. The second-order valence-electron chi connectivity index (χ2n) is 3.96. The first-order valence-electron chi connectivity index (χ1n) is 6.00. The quantitative estimate of drug-likeness (QED) is 0.232. The van der Waals surface area contributed by atoms with E-state index in [1.165, 1.54) is 24.1 Å². The Kier molecular flexibility index (Phi) is 8.57. The van der Waals surface area contributed by atoms with Crippen LogP contribution in [-0.2, 0) is 0 Å². The van der Waals surface area contributed by atoms with Gasteiger partial charge < -0.3 is 10.2 Å². The number of aliphatic hydroxyl groups excluding tert-OH is 2. The Balaban J connectivity index is 5.06.